The molecule has 0 unspecified atom stereocenters. The van der Waals surface area contributed by atoms with Crippen LogP contribution in [-0.2, 0) is 0 Å². The molecule has 0 bridgehead atoms. The van der Waals surface area contributed by atoms with E-state index in [1.165, 1.54) is 17.7 Å². The van der Waals surface area contributed by atoms with Crippen LogP contribution in [0, 0.1) is 11.8 Å². The highest BCUT2D eigenvalue weighted by Crippen LogP contribution is 2.11. The average Bonchev–Trinajstić information content (AvgIpc) is 1.96. The van der Waals surface area contributed by atoms with Crippen molar-refractivity contribution in [1.29, 1.82) is 0 Å². The topological polar surface area (TPSA) is 0 Å². The van der Waals surface area contributed by atoms with Gasteiger partial charge in [-0.2, -0.15) is 0 Å². The first-order valence-electron chi connectivity index (χ1n) is 5.04. The molecule has 0 rings (SSSR count). The molecule has 0 aliphatic heterocycles. The van der Waals surface area contributed by atoms with Gasteiger partial charge in [-0.1, -0.05) is 39.9 Å². The molecule has 0 saturated carbocycles. The maximum Gasteiger partial charge on any atom is -0.00713 e. The van der Waals surface area contributed by atoms with Gasteiger partial charge in [-0.05, 0) is 42.4 Å². The number of hydrogen-bond donors (Lipinski definition) is 0. The van der Waals surface area contributed by atoms with E-state index in [4.69, 9.17) is 12.2 Å². The van der Waals surface area contributed by atoms with Crippen LogP contribution in [0.15, 0.2) is 0 Å². The van der Waals surface area contributed by atoms with Crippen LogP contribution in [0.5, 0.6) is 0 Å². The fraction of sp³-hybridized carbons (Fsp3) is 0.909. The summed E-state index contributed by atoms with van der Waals surface area (Å²) in [5.41, 5.74) is 0. The second kappa shape index (κ2) is 6.59. The highest BCUT2D eigenvalue weighted by Gasteiger charge is 2.01. The lowest BCUT2D eigenvalue weighted by Gasteiger charge is -2.07. The summed E-state index contributed by atoms with van der Waals surface area (Å²) in [6.07, 6.45) is 4.83. The predicted molar refractivity (Wildman–Crippen MR) is 60.7 cm³/mol. The van der Waals surface area contributed by atoms with Crippen LogP contribution in [0.4, 0.5) is 0 Å². The predicted octanol–water partition coefficient (Wildman–Crippen LogP) is 4.23. The zero-order valence-electron chi connectivity index (χ0n) is 8.89. The average molecular weight is 186 g/mol. The quantitative estimate of drug-likeness (QED) is 0.559. The second-order valence-electron chi connectivity index (χ2n) is 4.40. The zero-order valence-corrected chi connectivity index (χ0v) is 9.71. The van der Waals surface area contributed by atoms with E-state index < -0.39 is 0 Å². The van der Waals surface area contributed by atoms with Crippen LogP contribution in [0.25, 0.3) is 0 Å². The number of rotatable bonds is 6. The Hall–Kier alpha value is 0.0900. The lowest BCUT2D eigenvalue weighted by Crippen LogP contribution is -2.00. The first-order chi connectivity index (χ1) is 5.52. The monoisotopic (exact) mass is 186 g/mol. The van der Waals surface area contributed by atoms with Gasteiger partial charge in [0.05, 0.1) is 0 Å². The SMILES string of the molecule is CC(C)CCC(=S)CCC(C)C. The van der Waals surface area contributed by atoms with Gasteiger partial charge in [0.1, 0.15) is 0 Å². The van der Waals surface area contributed by atoms with Crippen molar-refractivity contribution in [3.05, 3.63) is 0 Å². The highest BCUT2D eigenvalue weighted by molar-refractivity contribution is 7.80. The first kappa shape index (κ1) is 12.1. The van der Waals surface area contributed by atoms with Crippen molar-refractivity contribution in [1.82, 2.24) is 0 Å². The van der Waals surface area contributed by atoms with Gasteiger partial charge in [-0.3, -0.25) is 0 Å². The summed E-state index contributed by atoms with van der Waals surface area (Å²) in [4.78, 5) is 1.28. The fourth-order valence-electron chi connectivity index (χ4n) is 1.02. The van der Waals surface area contributed by atoms with E-state index in [-0.39, 0.29) is 0 Å². The summed E-state index contributed by atoms with van der Waals surface area (Å²) >= 11 is 5.29. The third-order valence-corrected chi connectivity index (χ3v) is 2.41. The van der Waals surface area contributed by atoms with Gasteiger partial charge >= 0.3 is 0 Å². The fourth-order valence-corrected chi connectivity index (χ4v) is 1.26. The van der Waals surface area contributed by atoms with Crippen LogP contribution < -0.4 is 0 Å². The van der Waals surface area contributed by atoms with E-state index in [1.807, 2.05) is 0 Å². The van der Waals surface area contributed by atoms with E-state index in [9.17, 15) is 0 Å². The van der Waals surface area contributed by atoms with Crippen molar-refractivity contribution in [2.24, 2.45) is 11.8 Å². The molecular weight excluding hydrogens is 164 g/mol. The largest absolute Gasteiger partial charge is 0.0897 e. The summed E-state index contributed by atoms with van der Waals surface area (Å²) in [7, 11) is 0. The van der Waals surface area contributed by atoms with E-state index >= 15 is 0 Å². The summed E-state index contributed by atoms with van der Waals surface area (Å²) < 4.78 is 0. The van der Waals surface area contributed by atoms with E-state index in [1.54, 1.807) is 0 Å². The molecule has 0 spiro atoms. The Bertz CT molecular complexity index is 111. The molecule has 0 saturated heterocycles. The Labute approximate surface area is 82.7 Å². The minimum atomic E-state index is 0.794. The van der Waals surface area contributed by atoms with E-state index in [2.05, 4.69) is 27.7 Å². The molecule has 0 amide bonds. The molecule has 0 aliphatic carbocycles. The Kier molecular flexibility index (Phi) is 6.64. The molecule has 12 heavy (non-hydrogen) atoms. The van der Waals surface area contributed by atoms with E-state index in [0.29, 0.717) is 0 Å². The molecule has 0 aromatic heterocycles. The smallest absolute Gasteiger partial charge is 0.00713 e. The summed E-state index contributed by atoms with van der Waals surface area (Å²) in [5.74, 6) is 1.59. The van der Waals surface area contributed by atoms with Crippen molar-refractivity contribution < 1.29 is 0 Å². The van der Waals surface area contributed by atoms with Crippen LogP contribution in [-0.4, -0.2) is 4.86 Å². The number of thiocarbonyl (C=S) groups is 1. The second-order valence-corrected chi connectivity index (χ2v) is 4.98. The van der Waals surface area contributed by atoms with Crippen LogP contribution >= 0.6 is 12.2 Å². The van der Waals surface area contributed by atoms with Crippen molar-refractivity contribution in [3.63, 3.8) is 0 Å². The molecule has 0 radical (unpaired) electrons. The third-order valence-electron chi connectivity index (χ3n) is 2.00. The van der Waals surface area contributed by atoms with Gasteiger partial charge < -0.3 is 0 Å². The van der Waals surface area contributed by atoms with Gasteiger partial charge in [-0.15, -0.1) is 0 Å². The highest BCUT2D eigenvalue weighted by atomic mass is 32.1. The molecule has 0 N–H and O–H groups in total. The van der Waals surface area contributed by atoms with Crippen molar-refractivity contribution >= 4 is 17.1 Å². The summed E-state index contributed by atoms with van der Waals surface area (Å²) in [6.45, 7) is 9.02. The van der Waals surface area contributed by atoms with Crippen molar-refractivity contribution in [2.45, 2.75) is 53.4 Å². The Morgan fingerprint density at radius 3 is 1.50 bits per heavy atom. The molecule has 1 heteroatoms. The minimum absolute atomic E-state index is 0.794. The molecule has 0 aromatic rings. The van der Waals surface area contributed by atoms with Crippen molar-refractivity contribution in [3.8, 4) is 0 Å². The van der Waals surface area contributed by atoms with Gasteiger partial charge in [0.25, 0.3) is 0 Å². The third kappa shape index (κ3) is 8.19. The zero-order chi connectivity index (χ0) is 9.56. The molecule has 0 atom stereocenters. The first-order valence-corrected chi connectivity index (χ1v) is 5.45. The summed E-state index contributed by atoms with van der Waals surface area (Å²) in [6, 6.07) is 0. The summed E-state index contributed by atoms with van der Waals surface area (Å²) in [5, 5.41) is 0. The van der Waals surface area contributed by atoms with Crippen LogP contribution in [0.3, 0.4) is 0 Å². The van der Waals surface area contributed by atoms with Crippen molar-refractivity contribution in [2.75, 3.05) is 0 Å². The molecule has 0 aliphatic rings. The molecule has 0 aromatic carbocycles. The lowest BCUT2D eigenvalue weighted by atomic mass is 10.0. The molecule has 72 valence electrons. The Morgan fingerprint density at radius 2 is 1.25 bits per heavy atom. The molecule has 0 nitrogen and oxygen atoms in total. The van der Waals surface area contributed by atoms with E-state index in [0.717, 1.165) is 24.7 Å². The standard InChI is InChI=1S/C11H22S/c1-9(2)5-7-11(12)8-6-10(3)4/h9-10H,5-8H2,1-4H3. The van der Waals surface area contributed by atoms with Crippen LogP contribution in [0.1, 0.15) is 53.4 Å². The Morgan fingerprint density at radius 1 is 0.917 bits per heavy atom. The number of hydrogen-bond acceptors (Lipinski definition) is 1. The van der Waals surface area contributed by atoms with Gasteiger partial charge in [0.15, 0.2) is 0 Å². The van der Waals surface area contributed by atoms with Crippen LogP contribution in [0.2, 0.25) is 0 Å². The van der Waals surface area contributed by atoms with Gasteiger partial charge in [0.2, 0.25) is 0 Å². The Balaban J connectivity index is 3.34. The molecule has 0 fully saturated rings. The van der Waals surface area contributed by atoms with Gasteiger partial charge in [0, 0.05) is 0 Å². The lowest BCUT2D eigenvalue weighted by molar-refractivity contribution is 0.584. The molecule has 0 heterocycles. The minimum Gasteiger partial charge on any atom is -0.0897 e. The normalized spacial score (nSPS) is 11.2. The molecular formula is C11H22S. The maximum atomic E-state index is 5.29. The maximum absolute atomic E-state index is 5.29. The van der Waals surface area contributed by atoms with Gasteiger partial charge in [-0.25, -0.2) is 0 Å².